The van der Waals surface area contributed by atoms with Crippen LogP contribution >= 0.6 is 0 Å². The number of tetrazole rings is 1. The third-order valence-electron chi connectivity index (χ3n) is 4.61. The van der Waals surface area contributed by atoms with Crippen LogP contribution in [-0.4, -0.2) is 50.6 Å². The van der Waals surface area contributed by atoms with Crippen molar-refractivity contribution in [3.8, 4) is 11.4 Å². The second-order valence-corrected chi connectivity index (χ2v) is 6.49. The highest BCUT2D eigenvalue weighted by Crippen LogP contribution is 2.16. The van der Waals surface area contributed by atoms with Crippen LogP contribution in [0.1, 0.15) is 22.3 Å². The number of rotatable bonds is 5. The van der Waals surface area contributed by atoms with E-state index in [-0.39, 0.29) is 11.9 Å². The van der Waals surface area contributed by atoms with Gasteiger partial charge in [0, 0.05) is 36.8 Å². The first-order valence-electron chi connectivity index (χ1n) is 8.69. The van der Waals surface area contributed by atoms with Crippen molar-refractivity contribution >= 4 is 5.91 Å². The van der Waals surface area contributed by atoms with Gasteiger partial charge in [-0.15, -0.1) is 10.2 Å². The van der Waals surface area contributed by atoms with E-state index in [1.54, 1.807) is 12.1 Å². The quantitative estimate of drug-likeness (QED) is 0.735. The number of nitrogens with zero attached hydrogens (tertiary/aromatic N) is 4. The van der Waals surface area contributed by atoms with Crippen molar-refractivity contribution in [3.05, 3.63) is 65.7 Å². The van der Waals surface area contributed by atoms with Crippen LogP contribution in [-0.2, 0) is 6.54 Å². The first-order valence-corrected chi connectivity index (χ1v) is 8.69. The summed E-state index contributed by atoms with van der Waals surface area (Å²) >= 11 is 0. The molecular weight excluding hydrogens is 328 g/mol. The van der Waals surface area contributed by atoms with Crippen LogP contribution in [0.4, 0.5) is 0 Å². The molecule has 2 heterocycles. The molecule has 0 radical (unpaired) electrons. The van der Waals surface area contributed by atoms with E-state index < -0.39 is 0 Å². The van der Waals surface area contributed by atoms with Gasteiger partial charge in [-0.25, -0.2) is 0 Å². The zero-order chi connectivity index (χ0) is 17.8. The number of amides is 1. The summed E-state index contributed by atoms with van der Waals surface area (Å²) in [6.07, 6.45) is 0.972. The van der Waals surface area contributed by atoms with Gasteiger partial charge in [0.15, 0.2) is 0 Å². The third-order valence-corrected chi connectivity index (χ3v) is 4.61. The predicted molar refractivity (Wildman–Crippen MR) is 97.2 cm³/mol. The second kappa shape index (κ2) is 7.45. The van der Waals surface area contributed by atoms with E-state index in [1.165, 1.54) is 5.56 Å². The maximum atomic E-state index is 12.5. The lowest BCUT2D eigenvalue weighted by atomic mass is 10.1. The average Bonchev–Trinajstić information content (AvgIpc) is 3.35. The number of benzene rings is 2. The summed E-state index contributed by atoms with van der Waals surface area (Å²) in [5, 5.41) is 17.0. The van der Waals surface area contributed by atoms with E-state index in [1.807, 2.05) is 18.2 Å². The topological polar surface area (TPSA) is 86.8 Å². The molecular formula is C19H20N6O. The molecule has 26 heavy (non-hydrogen) atoms. The van der Waals surface area contributed by atoms with Crippen molar-refractivity contribution in [3.63, 3.8) is 0 Å². The lowest BCUT2D eigenvalue weighted by Crippen LogP contribution is -2.36. The molecule has 0 unspecified atom stereocenters. The molecule has 0 saturated carbocycles. The number of nitrogens with one attached hydrogen (secondary N) is 2. The number of likely N-dealkylation sites (tertiary alicyclic amines) is 1. The summed E-state index contributed by atoms with van der Waals surface area (Å²) < 4.78 is 0. The molecule has 2 N–H and O–H groups in total. The number of carbonyl (C=O) groups is 1. The van der Waals surface area contributed by atoms with Gasteiger partial charge in [-0.3, -0.25) is 9.69 Å². The minimum Gasteiger partial charge on any atom is -0.348 e. The Labute approximate surface area is 151 Å². The summed E-state index contributed by atoms with van der Waals surface area (Å²) in [4.78, 5) is 14.9. The number of hydrogen-bond acceptors (Lipinski definition) is 5. The molecule has 1 atom stereocenters. The van der Waals surface area contributed by atoms with Gasteiger partial charge in [-0.2, -0.15) is 5.21 Å². The molecule has 3 aromatic rings. The predicted octanol–water partition coefficient (Wildman–Crippen LogP) is 1.87. The average molecular weight is 348 g/mol. The molecule has 1 amide bonds. The zero-order valence-corrected chi connectivity index (χ0v) is 14.3. The normalized spacial score (nSPS) is 17.3. The summed E-state index contributed by atoms with van der Waals surface area (Å²) in [7, 11) is 0. The fourth-order valence-corrected chi connectivity index (χ4v) is 3.26. The van der Waals surface area contributed by atoms with Crippen molar-refractivity contribution in [2.45, 2.75) is 19.0 Å². The molecule has 2 aromatic carbocycles. The SMILES string of the molecule is O=C(N[C@@H]1CCN(Cc2ccccc2)C1)c1ccc(-c2nn[nH]n2)cc1. The van der Waals surface area contributed by atoms with Crippen molar-refractivity contribution in [1.82, 2.24) is 30.8 Å². The van der Waals surface area contributed by atoms with Gasteiger partial charge in [-0.1, -0.05) is 42.5 Å². The fraction of sp³-hybridized carbons (Fsp3) is 0.263. The number of hydrogen-bond donors (Lipinski definition) is 2. The Kier molecular flexibility index (Phi) is 4.70. The standard InChI is InChI=1S/C19H20N6O/c26-19(16-8-6-15(7-9-16)18-21-23-24-22-18)20-17-10-11-25(13-17)12-14-4-2-1-3-5-14/h1-9,17H,10-13H2,(H,20,26)(H,21,22,23,24)/t17-/m1/s1. The highest BCUT2D eigenvalue weighted by molar-refractivity contribution is 5.94. The van der Waals surface area contributed by atoms with E-state index in [0.29, 0.717) is 11.4 Å². The molecule has 7 heteroatoms. The van der Waals surface area contributed by atoms with Crippen LogP contribution in [0, 0.1) is 0 Å². The van der Waals surface area contributed by atoms with Crippen LogP contribution in [0.15, 0.2) is 54.6 Å². The first-order chi connectivity index (χ1) is 12.8. The molecule has 0 aliphatic carbocycles. The lowest BCUT2D eigenvalue weighted by molar-refractivity contribution is 0.0937. The van der Waals surface area contributed by atoms with Gasteiger partial charge in [-0.05, 0) is 29.3 Å². The van der Waals surface area contributed by atoms with E-state index in [2.05, 4.69) is 55.1 Å². The Morgan fingerprint density at radius 3 is 2.69 bits per heavy atom. The Morgan fingerprint density at radius 2 is 1.96 bits per heavy atom. The Bertz CT molecular complexity index is 848. The van der Waals surface area contributed by atoms with Gasteiger partial charge in [0.05, 0.1) is 0 Å². The Balaban J connectivity index is 1.32. The monoisotopic (exact) mass is 348 g/mol. The highest BCUT2D eigenvalue weighted by Gasteiger charge is 2.24. The largest absolute Gasteiger partial charge is 0.348 e. The van der Waals surface area contributed by atoms with Crippen LogP contribution in [0.2, 0.25) is 0 Å². The molecule has 7 nitrogen and oxygen atoms in total. The molecule has 1 aromatic heterocycles. The Hall–Kier alpha value is -3.06. The highest BCUT2D eigenvalue weighted by atomic mass is 16.1. The summed E-state index contributed by atoms with van der Waals surface area (Å²) in [5.74, 6) is 0.473. The van der Waals surface area contributed by atoms with Crippen molar-refractivity contribution in [2.75, 3.05) is 13.1 Å². The van der Waals surface area contributed by atoms with E-state index in [9.17, 15) is 4.79 Å². The van der Waals surface area contributed by atoms with Gasteiger partial charge in [0.2, 0.25) is 5.82 Å². The molecule has 1 aliphatic heterocycles. The summed E-state index contributed by atoms with van der Waals surface area (Å²) in [6, 6.07) is 17.8. The van der Waals surface area contributed by atoms with Crippen LogP contribution in [0.5, 0.6) is 0 Å². The van der Waals surface area contributed by atoms with E-state index >= 15 is 0 Å². The molecule has 132 valence electrons. The lowest BCUT2D eigenvalue weighted by Gasteiger charge is -2.17. The summed E-state index contributed by atoms with van der Waals surface area (Å²) in [6.45, 7) is 2.80. The smallest absolute Gasteiger partial charge is 0.251 e. The van der Waals surface area contributed by atoms with Gasteiger partial charge in [0.1, 0.15) is 0 Å². The molecule has 0 bridgehead atoms. The van der Waals surface area contributed by atoms with E-state index in [0.717, 1.165) is 31.6 Å². The number of carbonyl (C=O) groups excluding carboxylic acids is 1. The molecule has 4 rings (SSSR count). The van der Waals surface area contributed by atoms with Crippen molar-refractivity contribution in [2.24, 2.45) is 0 Å². The van der Waals surface area contributed by atoms with Gasteiger partial charge in [0.25, 0.3) is 5.91 Å². The number of aromatic nitrogens is 4. The number of H-pyrrole nitrogens is 1. The third kappa shape index (κ3) is 3.78. The van der Waals surface area contributed by atoms with E-state index in [4.69, 9.17) is 0 Å². The zero-order valence-electron chi connectivity index (χ0n) is 14.3. The number of aromatic amines is 1. The first kappa shape index (κ1) is 16.4. The van der Waals surface area contributed by atoms with Crippen molar-refractivity contribution < 1.29 is 4.79 Å². The molecule has 1 aliphatic rings. The fourth-order valence-electron chi connectivity index (χ4n) is 3.26. The van der Waals surface area contributed by atoms with Gasteiger partial charge >= 0.3 is 0 Å². The molecule has 1 saturated heterocycles. The maximum absolute atomic E-state index is 12.5. The minimum absolute atomic E-state index is 0.0452. The van der Waals surface area contributed by atoms with Crippen LogP contribution in [0.3, 0.4) is 0 Å². The molecule has 1 fully saturated rings. The van der Waals surface area contributed by atoms with Crippen LogP contribution < -0.4 is 5.32 Å². The maximum Gasteiger partial charge on any atom is 0.251 e. The Morgan fingerprint density at radius 1 is 1.15 bits per heavy atom. The summed E-state index contributed by atoms with van der Waals surface area (Å²) in [5.41, 5.74) is 2.76. The van der Waals surface area contributed by atoms with Gasteiger partial charge < -0.3 is 5.32 Å². The van der Waals surface area contributed by atoms with Crippen LogP contribution in [0.25, 0.3) is 11.4 Å². The minimum atomic E-state index is -0.0452. The van der Waals surface area contributed by atoms with Crippen molar-refractivity contribution in [1.29, 1.82) is 0 Å². The second-order valence-electron chi connectivity index (χ2n) is 6.49. The molecule has 0 spiro atoms.